The van der Waals surface area contributed by atoms with E-state index in [9.17, 15) is 14.3 Å². The molecule has 52 heavy (non-hydrogen) atoms. The maximum absolute atomic E-state index is 12.6. The zero-order chi connectivity index (χ0) is 38.4. The van der Waals surface area contributed by atoms with Gasteiger partial charge in [0, 0.05) is 13.0 Å². The Hall–Kier alpha value is -1.28. The molecule has 0 aromatic heterocycles. The van der Waals surface area contributed by atoms with Crippen molar-refractivity contribution < 1.29 is 37.3 Å². The van der Waals surface area contributed by atoms with Crippen LogP contribution < -0.4 is 0 Å². The van der Waals surface area contributed by atoms with E-state index in [4.69, 9.17) is 18.5 Å². The molecule has 0 heterocycles. The van der Waals surface area contributed by atoms with Crippen LogP contribution in [0.5, 0.6) is 0 Å². The number of nitrogens with zero attached hydrogens (tertiary/aromatic N) is 1. The second kappa shape index (κ2) is 36.7. The van der Waals surface area contributed by atoms with Crippen LogP contribution in [0.3, 0.4) is 0 Å². The molecule has 0 saturated carbocycles. The van der Waals surface area contributed by atoms with E-state index in [-0.39, 0.29) is 25.8 Å². The Bertz CT molecular complexity index is 931. The number of likely N-dealkylation sites (N-methyl/N-ethyl adjacent to an activating group) is 1. The van der Waals surface area contributed by atoms with Crippen molar-refractivity contribution in [1.82, 2.24) is 0 Å². The monoisotopic (exact) mass is 757 g/mol. The van der Waals surface area contributed by atoms with Gasteiger partial charge in [-0.3, -0.25) is 13.8 Å². The lowest BCUT2D eigenvalue weighted by atomic mass is 10.0. The Morgan fingerprint density at radius 3 is 1.65 bits per heavy atom. The summed E-state index contributed by atoms with van der Waals surface area (Å²) in [6.07, 6.45) is 41.8. The lowest BCUT2D eigenvalue weighted by molar-refractivity contribution is -0.870. The van der Waals surface area contributed by atoms with Gasteiger partial charge in [0.15, 0.2) is 0 Å². The lowest BCUT2D eigenvalue weighted by Gasteiger charge is -2.24. The highest BCUT2D eigenvalue weighted by Crippen LogP contribution is 2.43. The van der Waals surface area contributed by atoms with E-state index in [0.717, 1.165) is 57.8 Å². The number of unbranched alkanes of at least 4 members (excludes halogenated alkanes) is 19. The first-order chi connectivity index (χ1) is 25.1. The normalized spacial score (nSPS) is 14.2. The molecule has 1 N–H and O–H groups in total. The summed E-state index contributed by atoms with van der Waals surface area (Å²) in [7, 11) is 1.65. The number of esters is 1. The van der Waals surface area contributed by atoms with Crippen molar-refractivity contribution in [1.29, 1.82) is 0 Å². The number of ether oxygens (including phenoxy) is 2. The number of phosphoric ester groups is 1. The molecule has 0 bridgehead atoms. The molecular formula is C43H83NO7P+. The molecule has 0 aliphatic heterocycles. The van der Waals surface area contributed by atoms with E-state index in [2.05, 4.69) is 50.3 Å². The van der Waals surface area contributed by atoms with Crippen LogP contribution in [-0.4, -0.2) is 75.6 Å². The van der Waals surface area contributed by atoms with Gasteiger partial charge < -0.3 is 18.9 Å². The molecule has 2 unspecified atom stereocenters. The topological polar surface area (TPSA) is 91.3 Å². The molecule has 0 aromatic rings. The van der Waals surface area contributed by atoms with Crippen LogP contribution in [-0.2, 0) is 27.9 Å². The minimum Gasteiger partial charge on any atom is -0.457 e. The summed E-state index contributed by atoms with van der Waals surface area (Å²) < 4.78 is 34.9. The second-order valence-corrected chi connectivity index (χ2v) is 16.8. The average molecular weight is 757 g/mol. The number of carbonyl (C=O) groups excluding carboxylic acids is 1. The van der Waals surface area contributed by atoms with Gasteiger partial charge in [-0.1, -0.05) is 159 Å². The SMILES string of the molecule is CC/C=C\C/C=C\C/C=C\CCCCCC(=O)OC(COCCCCCCCCCCCCCCCCCCC)COP(=O)(O)OCC[N+](C)(C)C. The van der Waals surface area contributed by atoms with Crippen molar-refractivity contribution >= 4 is 13.8 Å². The van der Waals surface area contributed by atoms with Gasteiger partial charge in [-0.15, -0.1) is 0 Å². The maximum Gasteiger partial charge on any atom is 0.472 e. The Morgan fingerprint density at radius 1 is 0.615 bits per heavy atom. The molecule has 9 heteroatoms. The third-order valence-electron chi connectivity index (χ3n) is 8.97. The van der Waals surface area contributed by atoms with E-state index in [0.29, 0.717) is 24.1 Å². The van der Waals surface area contributed by atoms with Crippen LogP contribution in [0.25, 0.3) is 0 Å². The van der Waals surface area contributed by atoms with Crippen molar-refractivity contribution in [2.24, 2.45) is 0 Å². The van der Waals surface area contributed by atoms with Crippen LogP contribution in [0.15, 0.2) is 36.5 Å². The zero-order valence-corrected chi connectivity index (χ0v) is 35.4. The third-order valence-corrected chi connectivity index (χ3v) is 9.95. The number of rotatable bonds is 39. The minimum atomic E-state index is -4.28. The molecule has 0 aliphatic carbocycles. The summed E-state index contributed by atoms with van der Waals surface area (Å²) in [5.41, 5.74) is 0. The van der Waals surface area contributed by atoms with Crippen molar-refractivity contribution in [2.45, 2.75) is 180 Å². The second-order valence-electron chi connectivity index (χ2n) is 15.3. The van der Waals surface area contributed by atoms with Crippen molar-refractivity contribution in [3.63, 3.8) is 0 Å². The van der Waals surface area contributed by atoms with Gasteiger partial charge in [-0.2, -0.15) is 0 Å². The first kappa shape index (κ1) is 50.7. The summed E-state index contributed by atoms with van der Waals surface area (Å²) in [6.45, 7) is 5.48. The summed E-state index contributed by atoms with van der Waals surface area (Å²) in [4.78, 5) is 22.8. The van der Waals surface area contributed by atoms with Crippen LogP contribution in [0, 0.1) is 0 Å². The minimum absolute atomic E-state index is 0.0834. The van der Waals surface area contributed by atoms with Gasteiger partial charge >= 0.3 is 13.8 Å². The highest BCUT2D eigenvalue weighted by Gasteiger charge is 2.26. The van der Waals surface area contributed by atoms with Crippen molar-refractivity contribution in [3.8, 4) is 0 Å². The summed E-state index contributed by atoms with van der Waals surface area (Å²) in [5, 5.41) is 0. The number of quaternary nitrogens is 1. The Balaban J connectivity index is 4.25. The van der Waals surface area contributed by atoms with Crippen LogP contribution in [0.4, 0.5) is 0 Å². The number of phosphoric acid groups is 1. The van der Waals surface area contributed by atoms with Gasteiger partial charge in [0.1, 0.15) is 19.3 Å². The smallest absolute Gasteiger partial charge is 0.457 e. The van der Waals surface area contributed by atoms with Gasteiger partial charge in [-0.25, -0.2) is 4.57 Å². The zero-order valence-electron chi connectivity index (χ0n) is 34.5. The number of hydrogen-bond acceptors (Lipinski definition) is 6. The molecular weight excluding hydrogens is 673 g/mol. The Morgan fingerprint density at radius 2 is 1.12 bits per heavy atom. The molecule has 0 radical (unpaired) electrons. The van der Waals surface area contributed by atoms with Crippen LogP contribution >= 0.6 is 7.82 Å². The van der Waals surface area contributed by atoms with E-state index >= 15 is 0 Å². The number of allylic oxidation sites excluding steroid dienone is 6. The third kappa shape index (κ3) is 39.9. The van der Waals surface area contributed by atoms with Crippen LogP contribution in [0.2, 0.25) is 0 Å². The van der Waals surface area contributed by atoms with Crippen molar-refractivity contribution in [2.75, 3.05) is 54.1 Å². The van der Waals surface area contributed by atoms with Gasteiger partial charge in [0.2, 0.25) is 0 Å². The van der Waals surface area contributed by atoms with E-state index in [1.54, 1.807) is 0 Å². The van der Waals surface area contributed by atoms with E-state index in [1.807, 2.05) is 21.1 Å². The first-order valence-corrected chi connectivity index (χ1v) is 22.7. The molecule has 0 spiro atoms. The van der Waals surface area contributed by atoms with E-state index < -0.39 is 13.9 Å². The van der Waals surface area contributed by atoms with Gasteiger partial charge in [-0.05, 0) is 44.9 Å². The molecule has 0 rings (SSSR count). The van der Waals surface area contributed by atoms with Crippen LogP contribution in [0.1, 0.15) is 174 Å². The molecule has 0 aliphatic rings. The quantitative estimate of drug-likeness (QED) is 0.0219. The van der Waals surface area contributed by atoms with Gasteiger partial charge in [0.05, 0.1) is 34.4 Å². The molecule has 306 valence electrons. The van der Waals surface area contributed by atoms with E-state index in [1.165, 1.54) is 96.3 Å². The predicted molar refractivity (Wildman–Crippen MR) is 220 cm³/mol. The lowest BCUT2D eigenvalue weighted by Crippen LogP contribution is -2.37. The average Bonchev–Trinajstić information content (AvgIpc) is 3.09. The fourth-order valence-electron chi connectivity index (χ4n) is 5.68. The Labute approximate surface area is 321 Å². The van der Waals surface area contributed by atoms with Crippen molar-refractivity contribution in [3.05, 3.63) is 36.5 Å². The number of carbonyl (C=O) groups is 1. The largest absolute Gasteiger partial charge is 0.472 e. The molecule has 0 amide bonds. The Kier molecular flexibility index (Phi) is 35.8. The first-order valence-electron chi connectivity index (χ1n) is 21.2. The summed E-state index contributed by atoms with van der Waals surface area (Å²) in [5.74, 6) is -0.341. The van der Waals surface area contributed by atoms with Gasteiger partial charge in [0.25, 0.3) is 0 Å². The molecule has 8 nitrogen and oxygen atoms in total. The number of hydrogen-bond donors (Lipinski definition) is 1. The standard InChI is InChI=1S/C43H82NO7P/c1-6-8-10-12-14-16-18-20-21-22-23-25-27-29-31-33-35-38-48-40-42(41-50-52(46,47)49-39-37-44(3,4)5)51-43(45)36-34-32-30-28-26-24-19-17-15-13-11-9-7-2/h9,11,15,17,24,26,42H,6-8,10,12-14,16,18-23,25,27-41H2,1-5H3/p+1/b11-9-,17-15-,26-24-. The highest BCUT2D eigenvalue weighted by atomic mass is 31.2. The summed E-state index contributed by atoms with van der Waals surface area (Å²) in [6, 6.07) is 0. The highest BCUT2D eigenvalue weighted by molar-refractivity contribution is 7.47. The molecule has 0 fully saturated rings. The molecule has 0 saturated heterocycles. The predicted octanol–water partition coefficient (Wildman–Crippen LogP) is 12.2. The summed E-state index contributed by atoms with van der Waals surface area (Å²) >= 11 is 0. The molecule has 0 aromatic carbocycles. The fraction of sp³-hybridized carbons (Fsp3) is 0.837. The maximum atomic E-state index is 12.6. The molecule has 2 atom stereocenters. The fourth-order valence-corrected chi connectivity index (χ4v) is 6.43.